The van der Waals surface area contributed by atoms with Crippen LogP contribution in [0.15, 0.2) is 30.3 Å². The molecule has 0 atom stereocenters. The first-order valence-corrected chi connectivity index (χ1v) is 10.7. The molecule has 1 fully saturated rings. The molecule has 1 aliphatic carbocycles. The molecular formula is C23H27N5O. The molecule has 3 aromatic rings. The standard InChI is InChI=1S/C23H27N5O/c1-15-11-21(22-13-18-14-24-9-4-10-28(18)27-22)26-20-12-17(7-8-19(15)20)25-23(29)16-5-2-3-6-16/h7-8,11-13,16,24H,2-6,9-10,14H2,1H3,(H,25,29). The van der Waals surface area contributed by atoms with Crippen molar-refractivity contribution in [1.29, 1.82) is 0 Å². The molecule has 1 amide bonds. The maximum atomic E-state index is 12.5. The summed E-state index contributed by atoms with van der Waals surface area (Å²) >= 11 is 0. The molecule has 29 heavy (non-hydrogen) atoms. The van der Waals surface area contributed by atoms with Crippen molar-refractivity contribution in [2.75, 3.05) is 11.9 Å². The summed E-state index contributed by atoms with van der Waals surface area (Å²) in [4.78, 5) is 17.4. The molecule has 0 radical (unpaired) electrons. The first-order chi connectivity index (χ1) is 14.2. The third kappa shape index (κ3) is 3.65. The summed E-state index contributed by atoms with van der Waals surface area (Å²) in [5.74, 6) is 0.293. The Hall–Kier alpha value is -2.73. The number of rotatable bonds is 3. The quantitative estimate of drug-likeness (QED) is 0.709. The number of nitrogens with zero attached hydrogens (tertiary/aromatic N) is 3. The molecule has 3 heterocycles. The Morgan fingerprint density at radius 2 is 2.00 bits per heavy atom. The molecule has 0 bridgehead atoms. The van der Waals surface area contributed by atoms with Crippen molar-refractivity contribution < 1.29 is 4.79 Å². The van der Waals surface area contributed by atoms with E-state index in [0.717, 1.165) is 79.7 Å². The molecule has 0 unspecified atom stereocenters. The van der Waals surface area contributed by atoms with E-state index in [9.17, 15) is 4.79 Å². The summed E-state index contributed by atoms with van der Waals surface area (Å²) in [6, 6.07) is 10.3. The topological polar surface area (TPSA) is 71.8 Å². The van der Waals surface area contributed by atoms with Crippen molar-refractivity contribution in [3.63, 3.8) is 0 Å². The number of hydrogen-bond donors (Lipinski definition) is 2. The lowest BCUT2D eigenvalue weighted by molar-refractivity contribution is -0.119. The van der Waals surface area contributed by atoms with Crippen molar-refractivity contribution in [3.05, 3.63) is 41.6 Å². The van der Waals surface area contributed by atoms with Crippen LogP contribution in [0.3, 0.4) is 0 Å². The Balaban J connectivity index is 1.47. The summed E-state index contributed by atoms with van der Waals surface area (Å²) in [6.45, 7) is 4.91. The van der Waals surface area contributed by atoms with Gasteiger partial charge in [-0.3, -0.25) is 9.48 Å². The van der Waals surface area contributed by atoms with Gasteiger partial charge in [0.25, 0.3) is 0 Å². The zero-order chi connectivity index (χ0) is 19.8. The molecule has 0 spiro atoms. The van der Waals surface area contributed by atoms with E-state index >= 15 is 0 Å². The van der Waals surface area contributed by atoms with Gasteiger partial charge in [-0.25, -0.2) is 4.98 Å². The SMILES string of the molecule is Cc1cc(-c2cc3n(n2)CCCNC3)nc2cc(NC(=O)C3CCCC3)ccc12. The lowest BCUT2D eigenvalue weighted by Crippen LogP contribution is -2.20. The average Bonchev–Trinajstić information content (AvgIpc) is 3.34. The van der Waals surface area contributed by atoms with Crippen LogP contribution in [-0.2, 0) is 17.9 Å². The molecule has 5 rings (SSSR count). The van der Waals surface area contributed by atoms with Crippen molar-refractivity contribution >= 4 is 22.5 Å². The van der Waals surface area contributed by atoms with Crippen LogP contribution in [-0.4, -0.2) is 27.2 Å². The van der Waals surface area contributed by atoms with Crippen LogP contribution in [0.4, 0.5) is 5.69 Å². The molecule has 2 N–H and O–H groups in total. The summed E-state index contributed by atoms with van der Waals surface area (Å²) in [5, 5.41) is 12.4. The number of aryl methyl sites for hydroxylation is 2. The fourth-order valence-electron chi connectivity index (χ4n) is 4.53. The van der Waals surface area contributed by atoms with E-state index in [4.69, 9.17) is 10.1 Å². The molecule has 150 valence electrons. The number of aromatic nitrogens is 3. The number of benzene rings is 1. The highest BCUT2D eigenvalue weighted by molar-refractivity contribution is 5.95. The van der Waals surface area contributed by atoms with Gasteiger partial charge in [0, 0.05) is 30.1 Å². The summed E-state index contributed by atoms with van der Waals surface area (Å²) in [7, 11) is 0. The predicted molar refractivity (Wildman–Crippen MR) is 115 cm³/mol. The molecular weight excluding hydrogens is 362 g/mol. The van der Waals surface area contributed by atoms with Crippen LogP contribution < -0.4 is 10.6 Å². The molecule has 2 aromatic heterocycles. The van der Waals surface area contributed by atoms with Gasteiger partial charge in [-0.2, -0.15) is 5.10 Å². The Morgan fingerprint density at radius 1 is 1.14 bits per heavy atom. The van der Waals surface area contributed by atoms with Crippen LogP contribution in [0.2, 0.25) is 0 Å². The summed E-state index contributed by atoms with van der Waals surface area (Å²) < 4.78 is 2.09. The van der Waals surface area contributed by atoms with Gasteiger partial charge < -0.3 is 10.6 Å². The molecule has 2 aliphatic rings. The molecule has 1 saturated carbocycles. The molecule has 6 nitrogen and oxygen atoms in total. The zero-order valence-corrected chi connectivity index (χ0v) is 16.9. The number of anilines is 1. The number of amides is 1. The minimum Gasteiger partial charge on any atom is -0.326 e. The van der Waals surface area contributed by atoms with Gasteiger partial charge in [0.2, 0.25) is 5.91 Å². The second-order valence-electron chi connectivity index (χ2n) is 8.30. The predicted octanol–water partition coefficient (Wildman–Crippen LogP) is 4.03. The number of hydrogen-bond acceptors (Lipinski definition) is 4. The van der Waals surface area contributed by atoms with Crippen LogP contribution >= 0.6 is 0 Å². The van der Waals surface area contributed by atoms with Crippen LogP contribution in [0.25, 0.3) is 22.3 Å². The molecule has 0 saturated heterocycles. The monoisotopic (exact) mass is 389 g/mol. The van der Waals surface area contributed by atoms with Gasteiger partial charge in [-0.05, 0) is 62.6 Å². The van der Waals surface area contributed by atoms with E-state index in [0.29, 0.717) is 0 Å². The van der Waals surface area contributed by atoms with E-state index < -0.39 is 0 Å². The molecule has 1 aromatic carbocycles. The van der Waals surface area contributed by atoms with Gasteiger partial charge in [0.15, 0.2) is 0 Å². The van der Waals surface area contributed by atoms with E-state index in [1.165, 1.54) is 11.3 Å². The van der Waals surface area contributed by atoms with Crippen LogP contribution in [0.1, 0.15) is 43.4 Å². The number of pyridine rings is 1. The smallest absolute Gasteiger partial charge is 0.227 e. The van der Waals surface area contributed by atoms with Crippen molar-refractivity contribution in [2.45, 2.75) is 52.1 Å². The third-order valence-corrected chi connectivity index (χ3v) is 6.17. The summed E-state index contributed by atoms with van der Waals surface area (Å²) in [6.07, 6.45) is 5.40. The molecule has 1 aliphatic heterocycles. The maximum Gasteiger partial charge on any atom is 0.227 e. The van der Waals surface area contributed by atoms with Gasteiger partial charge in [0.1, 0.15) is 5.69 Å². The molecule has 6 heteroatoms. The highest BCUT2D eigenvalue weighted by Gasteiger charge is 2.22. The highest BCUT2D eigenvalue weighted by atomic mass is 16.1. The van der Waals surface area contributed by atoms with E-state index in [1.807, 2.05) is 12.1 Å². The van der Waals surface area contributed by atoms with Gasteiger partial charge >= 0.3 is 0 Å². The lowest BCUT2D eigenvalue weighted by Gasteiger charge is -2.12. The fraction of sp³-hybridized carbons (Fsp3) is 0.435. The zero-order valence-electron chi connectivity index (χ0n) is 16.9. The van der Waals surface area contributed by atoms with E-state index in [1.54, 1.807) is 0 Å². The van der Waals surface area contributed by atoms with Crippen LogP contribution in [0.5, 0.6) is 0 Å². The Morgan fingerprint density at radius 3 is 2.86 bits per heavy atom. The largest absolute Gasteiger partial charge is 0.326 e. The summed E-state index contributed by atoms with van der Waals surface area (Å²) in [5.41, 5.74) is 5.88. The van der Waals surface area contributed by atoms with Gasteiger partial charge in [-0.15, -0.1) is 0 Å². The number of carbonyl (C=O) groups is 1. The number of carbonyl (C=O) groups excluding carboxylic acids is 1. The second-order valence-corrected chi connectivity index (χ2v) is 8.30. The van der Waals surface area contributed by atoms with E-state index in [2.05, 4.69) is 40.4 Å². The average molecular weight is 390 g/mol. The first-order valence-electron chi connectivity index (χ1n) is 10.7. The second kappa shape index (κ2) is 7.59. The van der Waals surface area contributed by atoms with Crippen molar-refractivity contribution in [3.8, 4) is 11.4 Å². The minimum absolute atomic E-state index is 0.139. The van der Waals surface area contributed by atoms with Gasteiger partial charge in [-0.1, -0.05) is 18.9 Å². The fourth-order valence-corrected chi connectivity index (χ4v) is 4.53. The number of nitrogens with one attached hydrogen (secondary N) is 2. The number of fused-ring (bicyclic) bond motifs is 2. The normalized spacial score (nSPS) is 17.3. The minimum atomic E-state index is 0.139. The van der Waals surface area contributed by atoms with Gasteiger partial charge in [0.05, 0.1) is 16.9 Å². The van der Waals surface area contributed by atoms with Crippen molar-refractivity contribution in [1.82, 2.24) is 20.1 Å². The Kier molecular flexibility index (Phi) is 4.79. The van der Waals surface area contributed by atoms with Crippen molar-refractivity contribution in [2.24, 2.45) is 5.92 Å². The first kappa shape index (κ1) is 18.3. The Labute approximate surface area is 170 Å². The lowest BCUT2D eigenvalue weighted by atomic mass is 10.1. The Bertz CT molecular complexity index is 1040. The van der Waals surface area contributed by atoms with E-state index in [-0.39, 0.29) is 11.8 Å². The third-order valence-electron chi connectivity index (χ3n) is 6.17. The highest BCUT2D eigenvalue weighted by Crippen LogP contribution is 2.29. The van der Waals surface area contributed by atoms with Crippen LogP contribution in [0, 0.1) is 12.8 Å². The maximum absolute atomic E-state index is 12.5.